The van der Waals surface area contributed by atoms with Crippen molar-refractivity contribution in [2.24, 2.45) is 0 Å². The second-order valence-corrected chi connectivity index (χ2v) is 5.26. The van der Waals surface area contributed by atoms with Gasteiger partial charge in [-0.15, -0.1) is 0 Å². The number of piperidine rings is 1. The van der Waals surface area contributed by atoms with Crippen LogP contribution in [0, 0.1) is 10.1 Å². The van der Waals surface area contributed by atoms with E-state index in [2.05, 4.69) is 17.6 Å². The van der Waals surface area contributed by atoms with Crippen LogP contribution in [0.4, 0.5) is 11.4 Å². The fourth-order valence-electron chi connectivity index (χ4n) is 2.15. The smallest absolute Gasteiger partial charge is 0.271 e. The number of hydrogen-bond donors (Lipinski definition) is 2. The van der Waals surface area contributed by atoms with Crippen LogP contribution in [0.25, 0.3) is 0 Å². The van der Waals surface area contributed by atoms with Gasteiger partial charge in [0.2, 0.25) is 0 Å². The van der Waals surface area contributed by atoms with Gasteiger partial charge in [0.1, 0.15) is 0 Å². The second-order valence-electron chi connectivity index (χ2n) is 4.86. The highest BCUT2D eigenvalue weighted by Crippen LogP contribution is 2.31. The number of hydrogen-bond acceptors (Lipinski definition) is 4. The first kappa shape index (κ1) is 13.1. The van der Waals surface area contributed by atoms with Crippen LogP contribution in [0.1, 0.15) is 19.8 Å². The van der Waals surface area contributed by atoms with E-state index in [0.29, 0.717) is 5.02 Å². The fourth-order valence-corrected chi connectivity index (χ4v) is 2.37. The van der Waals surface area contributed by atoms with Crippen LogP contribution in [0.3, 0.4) is 0 Å². The Morgan fingerprint density at radius 3 is 2.67 bits per heavy atom. The zero-order valence-corrected chi connectivity index (χ0v) is 11.0. The summed E-state index contributed by atoms with van der Waals surface area (Å²) in [5, 5.41) is 17.7. The molecule has 0 aliphatic carbocycles. The van der Waals surface area contributed by atoms with Gasteiger partial charge in [0.05, 0.1) is 15.6 Å². The van der Waals surface area contributed by atoms with Crippen molar-refractivity contribution in [1.82, 2.24) is 5.32 Å². The number of nitro groups is 1. The van der Waals surface area contributed by atoms with Crippen molar-refractivity contribution < 1.29 is 4.92 Å². The van der Waals surface area contributed by atoms with Gasteiger partial charge in [-0.1, -0.05) is 11.6 Å². The van der Waals surface area contributed by atoms with Crippen LogP contribution in [-0.2, 0) is 0 Å². The lowest BCUT2D eigenvalue weighted by Crippen LogP contribution is -2.45. The predicted octanol–water partition coefficient (Wildman–Crippen LogP) is 2.80. The minimum atomic E-state index is -0.443. The molecule has 1 saturated heterocycles. The molecule has 1 heterocycles. The summed E-state index contributed by atoms with van der Waals surface area (Å²) in [6, 6.07) is 4.53. The Kier molecular flexibility index (Phi) is 3.73. The molecule has 0 aromatic heterocycles. The molecule has 2 rings (SSSR count). The molecule has 1 fully saturated rings. The van der Waals surface area contributed by atoms with Crippen molar-refractivity contribution in [3.8, 4) is 0 Å². The Hall–Kier alpha value is -1.33. The van der Waals surface area contributed by atoms with E-state index in [-0.39, 0.29) is 11.2 Å². The highest BCUT2D eigenvalue weighted by Gasteiger charge is 2.27. The van der Waals surface area contributed by atoms with Crippen LogP contribution in [0.2, 0.25) is 5.02 Å². The van der Waals surface area contributed by atoms with E-state index in [4.69, 9.17) is 11.6 Å². The molecule has 1 aromatic rings. The van der Waals surface area contributed by atoms with Gasteiger partial charge >= 0.3 is 0 Å². The zero-order chi connectivity index (χ0) is 13.2. The molecule has 5 nitrogen and oxygen atoms in total. The van der Waals surface area contributed by atoms with Crippen LogP contribution < -0.4 is 10.6 Å². The number of rotatable bonds is 3. The van der Waals surface area contributed by atoms with E-state index in [1.807, 2.05) is 0 Å². The molecule has 0 unspecified atom stereocenters. The summed E-state index contributed by atoms with van der Waals surface area (Å²) in [6.07, 6.45) is 2.00. The van der Waals surface area contributed by atoms with Crippen molar-refractivity contribution in [2.45, 2.75) is 25.3 Å². The monoisotopic (exact) mass is 269 g/mol. The molecule has 6 heteroatoms. The number of nitrogens with one attached hydrogen (secondary N) is 2. The Morgan fingerprint density at radius 1 is 1.44 bits per heavy atom. The van der Waals surface area contributed by atoms with Crippen molar-refractivity contribution in [1.29, 1.82) is 0 Å². The summed E-state index contributed by atoms with van der Waals surface area (Å²) < 4.78 is 0. The summed E-state index contributed by atoms with van der Waals surface area (Å²) in [7, 11) is 0. The molecular weight excluding hydrogens is 254 g/mol. The van der Waals surface area contributed by atoms with Crippen LogP contribution >= 0.6 is 11.6 Å². The molecule has 0 saturated carbocycles. The number of nitro benzene ring substituents is 1. The average molecular weight is 270 g/mol. The van der Waals surface area contributed by atoms with Gasteiger partial charge in [0.25, 0.3) is 5.69 Å². The number of nitrogens with zero attached hydrogens (tertiary/aromatic N) is 1. The molecule has 1 aliphatic heterocycles. The molecule has 0 amide bonds. The van der Waals surface area contributed by atoms with Gasteiger partial charge in [-0.25, -0.2) is 0 Å². The average Bonchev–Trinajstić information content (AvgIpc) is 2.32. The third-order valence-electron chi connectivity index (χ3n) is 3.31. The van der Waals surface area contributed by atoms with Gasteiger partial charge < -0.3 is 10.6 Å². The van der Waals surface area contributed by atoms with E-state index >= 15 is 0 Å². The first-order valence-electron chi connectivity index (χ1n) is 5.93. The van der Waals surface area contributed by atoms with Gasteiger partial charge in [-0.3, -0.25) is 10.1 Å². The summed E-state index contributed by atoms with van der Waals surface area (Å²) >= 11 is 6.07. The van der Waals surface area contributed by atoms with Gasteiger partial charge in [-0.2, -0.15) is 0 Å². The molecule has 98 valence electrons. The molecule has 1 aliphatic rings. The molecule has 0 bridgehead atoms. The lowest BCUT2D eigenvalue weighted by molar-refractivity contribution is -0.384. The maximum Gasteiger partial charge on any atom is 0.271 e. The Balaban J connectivity index is 2.16. The predicted molar refractivity (Wildman–Crippen MR) is 72.2 cm³/mol. The lowest BCUT2D eigenvalue weighted by atomic mass is 9.90. The first-order chi connectivity index (χ1) is 8.50. The molecule has 0 spiro atoms. The number of benzene rings is 1. The van der Waals surface area contributed by atoms with E-state index < -0.39 is 4.92 Å². The van der Waals surface area contributed by atoms with E-state index in [9.17, 15) is 10.1 Å². The Labute approximate surface area is 111 Å². The van der Waals surface area contributed by atoms with Crippen LogP contribution in [0.5, 0.6) is 0 Å². The van der Waals surface area contributed by atoms with Crippen molar-refractivity contribution in [2.75, 3.05) is 18.4 Å². The van der Waals surface area contributed by atoms with E-state index in [0.717, 1.165) is 31.6 Å². The topological polar surface area (TPSA) is 67.2 Å². The first-order valence-corrected chi connectivity index (χ1v) is 6.31. The third kappa shape index (κ3) is 2.91. The highest BCUT2D eigenvalue weighted by molar-refractivity contribution is 6.33. The largest absolute Gasteiger partial charge is 0.379 e. The molecule has 2 N–H and O–H groups in total. The van der Waals surface area contributed by atoms with Gasteiger partial charge in [0.15, 0.2) is 0 Å². The minimum absolute atomic E-state index is 0.00891. The standard InChI is InChI=1S/C12H16ClN3O2/c1-12(4-6-14-7-5-12)15-11-3-2-9(16(17)18)8-10(11)13/h2-3,8,14-15H,4-7H2,1H3. The SMILES string of the molecule is CC1(Nc2ccc([N+](=O)[O-])cc2Cl)CCNCC1. The molecular formula is C12H16ClN3O2. The third-order valence-corrected chi connectivity index (χ3v) is 3.62. The highest BCUT2D eigenvalue weighted by atomic mass is 35.5. The molecule has 1 aromatic carbocycles. The summed E-state index contributed by atoms with van der Waals surface area (Å²) in [6.45, 7) is 4.08. The quantitative estimate of drug-likeness (QED) is 0.654. The van der Waals surface area contributed by atoms with Crippen molar-refractivity contribution in [3.63, 3.8) is 0 Å². The number of anilines is 1. The number of non-ortho nitro benzene ring substituents is 1. The van der Waals surface area contributed by atoms with Crippen LogP contribution in [0.15, 0.2) is 18.2 Å². The maximum atomic E-state index is 10.6. The van der Waals surface area contributed by atoms with Crippen molar-refractivity contribution in [3.05, 3.63) is 33.3 Å². The summed E-state index contributed by atoms with van der Waals surface area (Å²) in [5.74, 6) is 0. The molecule has 0 atom stereocenters. The zero-order valence-electron chi connectivity index (χ0n) is 10.2. The van der Waals surface area contributed by atoms with Gasteiger partial charge in [0, 0.05) is 17.7 Å². The van der Waals surface area contributed by atoms with Gasteiger partial charge in [-0.05, 0) is 38.9 Å². The van der Waals surface area contributed by atoms with Crippen LogP contribution in [-0.4, -0.2) is 23.6 Å². The van der Waals surface area contributed by atoms with Crippen molar-refractivity contribution >= 4 is 23.0 Å². The lowest BCUT2D eigenvalue weighted by Gasteiger charge is -2.36. The summed E-state index contributed by atoms with van der Waals surface area (Å²) in [5.41, 5.74) is 0.762. The normalized spacial score (nSPS) is 18.3. The number of halogens is 1. The minimum Gasteiger partial charge on any atom is -0.379 e. The Bertz CT molecular complexity index is 459. The van der Waals surface area contributed by atoms with E-state index in [1.165, 1.54) is 12.1 Å². The van der Waals surface area contributed by atoms with E-state index in [1.54, 1.807) is 6.07 Å². The molecule has 0 radical (unpaired) electrons. The molecule has 18 heavy (non-hydrogen) atoms. The summed E-state index contributed by atoms with van der Waals surface area (Å²) in [4.78, 5) is 10.2. The second kappa shape index (κ2) is 5.12. The Morgan fingerprint density at radius 2 is 2.11 bits per heavy atom. The maximum absolute atomic E-state index is 10.6. The fraction of sp³-hybridized carbons (Fsp3) is 0.500.